The molecule has 170 valence electrons. The summed E-state index contributed by atoms with van der Waals surface area (Å²) >= 11 is 7.45. The molecule has 1 fully saturated rings. The first-order valence-corrected chi connectivity index (χ1v) is 12.0. The van der Waals surface area contributed by atoms with Crippen LogP contribution in [0, 0.1) is 6.92 Å². The van der Waals surface area contributed by atoms with Gasteiger partial charge in [-0.25, -0.2) is 0 Å². The molecule has 4 rings (SSSR count). The number of nitrogens with zero attached hydrogens (tertiary/aromatic N) is 1. The summed E-state index contributed by atoms with van der Waals surface area (Å²) in [5.74, 6) is -0.782. The molecule has 1 saturated heterocycles. The number of aryl methyl sites for hydroxylation is 1. The van der Waals surface area contributed by atoms with Crippen molar-refractivity contribution in [1.82, 2.24) is 4.90 Å². The first-order chi connectivity index (χ1) is 15.9. The van der Waals surface area contributed by atoms with Crippen LogP contribution in [0.25, 0.3) is 5.76 Å². The maximum atomic E-state index is 13.1. The minimum absolute atomic E-state index is 0.116. The lowest BCUT2D eigenvalue weighted by Gasteiger charge is -2.25. The minimum Gasteiger partial charge on any atom is -0.507 e. The maximum Gasteiger partial charge on any atom is 0.295 e. The highest BCUT2D eigenvalue weighted by atomic mass is 35.5. The Kier molecular flexibility index (Phi) is 6.86. The number of rotatable bonds is 7. The van der Waals surface area contributed by atoms with Gasteiger partial charge < -0.3 is 14.7 Å². The largest absolute Gasteiger partial charge is 0.507 e. The van der Waals surface area contributed by atoms with Crippen LogP contribution in [0.2, 0.25) is 5.02 Å². The standard InChI is InChI=1S/C26H24ClNO4S/c1-3-32-20-10-6-18(7-11-20)23(29)21-22(25-16(2)13-15-33-25)28(26(31)24(21)30)14-12-17-4-8-19(27)9-5-17/h4-11,13,15,22,29H,3,12,14H2,1-2H3/b23-21-. The van der Waals surface area contributed by atoms with E-state index in [9.17, 15) is 14.7 Å². The zero-order valence-corrected chi connectivity index (χ0v) is 19.9. The molecule has 0 bridgehead atoms. The zero-order chi connectivity index (χ0) is 23.5. The van der Waals surface area contributed by atoms with Crippen molar-refractivity contribution >= 4 is 40.4 Å². The Balaban J connectivity index is 1.73. The fraction of sp³-hybridized carbons (Fsp3) is 0.231. The third-order valence-corrected chi connectivity index (χ3v) is 7.01. The Morgan fingerprint density at radius 2 is 1.79 bits per heavy atom. The second-order valence-electron chi connectivity index (χ2n) is 7.79. The number of Topliss-reactive ketones (excluding diaryl/α,β-unsaturated/α-hetero) is 1. The van der Waals surface area contributed by atoms with Crippen molar-refractivity contribution in [3.8, 4) is 5.75 Å². The number of halogens is 1. The SMILES string of the molecule is CCOc1ccc(/C(O)=C2/C(=O)C(=O)N(CCc3ccc(Cl)cc3)C2c2sccc2C)cc1. The second kappa shape index (κ2) is 9.81. The smallest absolute Gasteiger partial charge is 0.295 e. The Morgan fingerprint density at radius 3 is 2.39 bits per heavy atom. The Morgan fingerprint density at radius 1 is 1.09 bits per heavy atom. The molecule has 0 radical (unpaired) electrons. The third kappa shape index (κ3) is 4.68. The number of carbonyl (C=O) groups is 2. The van der Waals surface area contributed by atoms with E-state index in [0.29, 0.717) is 35.9 Å². The molecule has 1 aliphatic heterocycles. The summed E-state index contributed by atoms with van der Waals surface area (Å²) in [6.45, 7) is 4.71. The number of carbonyl (C=O) groups excluding carboxylic acids is 2. The van der Waals surface area contributed by atoms with E-state index in [1.165, 1.54) is 11.3 Å². The molecular formula is C26H24ClNO4S. The fourth-order valence-electron chi connectivity index (χ4n) is 3.98. The summed E-state index contributed by atoms with van der Waals surface area (Å²) in [5.41, 5.74) is 2.56. The number of benzene rings is 2. The number of ketones is 1. The van der Waals surface area contributed by atoms with Gasteiger partial charge in [0.25, 0.3) is 11.7 Å². The summed E-state index contributed by atoms with van der Waals surface area (Å²) in [5, 5.41) is 13.7. The molecule has 33 heavy (non-hydrogen) atoms. The van der Waals surface area contributed by atoms with Gasteiger partial charge in [-0.15, -0.1) is 11.3 Å². The number of likely N-dealkylation sites (tertiary alicyclic amines) is 1. The van der Waals surface area contributed by atoms with Gasteiger partial charge in [0.15, 0.2) is 0 Å². The van der Waals surface area contributed by atoms with Crippen molar-refractivity contribution in [2.75, 3.05) is 13.2 Å². The van der Waals surface area contributed by atoms with Crippen LogP contribution < -0.4 is 4.74 Å². The first kappa shape index (κ1) is 23.1. The molecular weight excluding hydrogens is 458 g/mol. The number of amides is 1. The lowest BCUT2D eigenvalue weighted by molar-refractivity contribution is -0.139. The summed E-state index contributed by atoms with van der Waals surface area (Å²) in [4.78, 5) is 28.6. The monoisotopic (exact) mass is 481 g/mol. The molecule has 2 aromatic carbocycles. The molecule has 2 heterocycles. The van der Waals surface area contributed by atoms with E-state index >= 15 is 0 Å². The van der Waals surface area contributed by atoms with E-state index in [1.54, 1.807) is 41.3 Å². The summed E-state index contributed by atoms with van der Waals surface area (Å²) < 4.78 is 5.46. The van der Waals surface area contributed by atoms with Crippen molar-refractivity contribution in [1.29, 1.82) is 0 Å². The number of hydrogen-bond acceptors (Lipinski definition) is 5. The number of aliphatic hydroxyl groups is 1. The second-order valence-corrected chi connectivity index (χ2v) is 9.18. The molecule has 0 saturated carbocycles. The van der Waals surface area contributed by atoms with Gasteiger partial charge in [-0.05, 0) is 79.2 Å². The zero-order valence-electron chi connectivity index (χ0n) is 18.4. The molecule has 1 aliphatic rings. The number of ether oxygens (including phenoxy) is 1. The van der Waals surface area contributed by atoms with Gasteiger partial charge in [0.2, 0.25) is 0 Å². The Bertz CT molecular complexity index is 1200. The first-order valence-electron chi connectivity index (χ1n) is 10.7. The highest BCUT2D eigenvalue weighted by Gasteiger charge is 2.46. The summed E-state index contributed by atoms with van der Waals surface area (Å²) in [6.07, 6.45) is 0.564. The van der Waals surface area contributed by atoms with Crippen LogP contribution in [0.1, 0.15) is 34.5 Å². The number of aliphatic hydroxyl groups excluding tert-OH is 1. The molecule has 1 atom stereocenters. The maximum absolute atomic E-state index is 13.1. The highest BCUT2D eigenvalue weighted by Crippen LogP contribution is 2.42. The average Bonchev–Trinajstić information content (AvgIpc) is 3.34. The molecule has 5 nitrogen and oxygen atoms in total. The molecule has 1 aromatic heterocycles. The van der Waals surface area contributed by atoms with Crippen molar-refractivity contribution in [3.05, 3.63) is 92.1 Å². The van der Waals surface area contributed by atoms with Crippen molar-refractivity contribution in [2.45, 2.75) is 26.3 Å². The quantitative estimate of drug-likeness (QED) is 0.264. The summed E-state index contributed by atoms with van der Waals surface area (Å²) in [7, 11) is 0. The van der Waals surface area contributed by atoms with E-state index < -0.39 is 17.7 Å². The lowest BCUT2D eigenvalue weighted by Crippen LogP contribution is -2.31. The lowest BCUT2D eigenvalue weighted by atomic mass is 9.98. The van der Waals surface area contributed by atoms with Crippen LogP contribution in [0.15, 0.2) is 65.6 Å². The van der Waals surface area contributed by atoms with Gasteiger partial charge in [-0.1, -0.05) is 23.7 Å². The van der Waals surface area contributed by atoms with Gasteiger partial charge in [-0.2, -0.15) is 0 Å². The van der Waals surface area contributed by atoms with Crippen LogP contribution in [-0.2, 0) is 16.0 Å². The fourth-order valence-corrected chi connectivity index (χ4v) is 5.15. The van der Waals surface area contributed by atoms with Gasteiger partial charge in [0.05, 0.1) is 18.2 Å². The van der Waals surface area contributed by atoms with Crippen LogP contribution >= 0.6 is 22.9 Å². The molecule has 0 aliphatic carbocycles. The number of hydrogen-bond donors (Lipinski definition) is 1. The van der Waals surface area contributed by atoms with E-state index in [1.807, 2.05) is 37.4 Å². The van der Waals surface area contributed by atoms with Crippen molar-refractivity contribution in [2.24, 2.45) is 0 Å². The van der Waals surface area contributed by atoms with Crippen molar-refractivity contribution < 1.29 is 19.4 Å². The predicted octanol–water partition coefficient (Wildman–Crippen LogP) is 5.77. The molecule has 0 spiro atoms. The molecule has 7 heteroatoms. The predicted molar refractivity (Wildman–Crippen MR) is 131 cm³/mol. The van der Waals surface area contributed by atoms with Crippen molar-refractivity contribution in [3.63, 3.8) is 0 Å². The van der Waals surface area contributed by atoms with Gasteiger partial charge in [0, 0.05) is 22.0 Å². The van der Waals surface area contributed by atoms with Gasteiger partial charge >= 0.3 is 0 Å². The molecule has 1 unspecified atom stereocenters. The van der Waals surface area contributed by atoms with Crippen LogP contribution in [0.4, 0.5) is 0 Å². The number of thiophene rings is 1. The van der Waals surface area contributed by atoms with E-state index in [-0.39, 0.29) is 11.3 Å². The van der Waals surface area contributed by atoms with Crippen LogP contribution in [0.5, 0.6) is 5.75 Å². The topological polar surface area (TPSA) is 66.8 Å². The van der Waals surface area contributed by atoms with E-state index in [4.69, 9.17) is 16.3 Å². The Hall–Kier alpha value is -3.09. The van der Waals surface area contributed by atoms with E-state index in [0.717, 1.165) is 16.0 Å². The summed E-state index contributed by atoms with van der Waals surface area (Å²) in [6, 6.07) is 15.6. The average molecular weight is 482 g/mol. The molecule has 1 N–H and O–H groups in total. The minimum atomic E-state index is -0.671. The molecule has 3 aromatic rings. The van der Waals surface area contributed by atoms with E-state index in [2.05, 4.69) is 0 Å². The molecule has 1 amide bonds. The Labute approximate surface area is 201 Å². The normalized spacial score (nSPS) is 17.5. The van der Waals surface area contributed by atoms with Crippen LogP contribution in [0.3, 0.4) is 0 Å². The third-order valence-electron chi connectivity index (χ3n) is 5.68. The van der Waals surface area contributed by atoms with Crippen LogP contribution in [-0.4, -0.2) is 34.8 Å². The van der Waals surface area contributed by atoms with Gasteiger partial charge in [0.1, 0.15) is 11.5 Å². The van der Waals surface area contributed by atoms with Gasteiger partial charge in [-0.3, -0.25) is 9.59 Å². The highest BCUT2D eigenvalue weighted by molar-refractivity contribution is 7.10.